The van der Waals surface area contributed by atoms with Crippen molar-refractivity contribution in [3.8, 4) is 5.75 Å². The number of hydrogen-bond acceptors (Lipinski definition) is 5. The molecule has 0 spiro atoms. The quantitative estimate of drug-likeness (QED) is 0.307. The fourth-order valence-corrected chi connectivity index (χ4v) is 5.40. The smallest absolute Gasteiger partial charge is 0.264 e. The van der Waals surface area contributed by atoms with Crippen molar-refractivity contribution >= 4 is 38.9 Å². The molecule has 9 heteroatoms. The molecule has 1 amide bonds. The van der Waals surface area contributed by atoms with Crippen molar-refractivity contribution in [3.63, 3.8) is 0 Å². The Morgan fingerprint density at radius 1 is 0.946 bits per heavy atom. The summed E-state index contributed by atoms with van der Waals surface area (Å²) in [7, 11) is -2.60. The monoisotopic (exact) mass is 535 g/mol. The van der Waals surface area contributed by atoms with Gasteiger partial charge in [0.15, 0.2) is 0 Å². The minimum absolute atomic E-state index is 0.0679. The third kappa shape index (κ3) is 6.47. The zero-order valence-corrected chi connectivity index (χ0v) is 22.0. The van der Waals surface area contributed by atoms with Crippen molar-refractivity contribution in [1.82, 2.24) is 4.98 Å². The van der Waals surface area contributed by atoms with Gasteiger partial charge in [-0.1, -0.05) is 41.4 Å². The Bertz CT molecular complexity index is 1480. The van der Waals surface area contributed by atoms with Crippen LogP contribution in [0.5, 0.6) is 5.75 Å². The number of nitrogens with one attached hydrogen (secondary N) is 1. The molecule has 1 aromatic heterocycles. The van der Waals surface area contributed by atoms with E-state index in [1.807, 2.05) is 31.2 Å². The number of rotatable bonds is 9. The fourth-order valence-electron chi connectivity index (χ4n) is 3.74. The zero-order chi connectivity index (χ0) is 26.4. The molecule has 0 aliphatic heterocycles. The first-order valence-corrected chi connectivity index (χ1v) is 13.3. The van der Waals surface area contributed by atoms with Crippen LogP contribution in [0.25, 0.3) is 0 Å². The number of halogens is 1. The summed E-state index contributed by atoms with van der Waals surface area (Å²) in [6.45, 7) is 1.42. The van der Waals surface area contributed by atoms with E-state index in [4.69, 9.17) is 16.3 Å². The van der Waals surface area contributed by atoms with Crippen molar-refractivity contribution in [2.45, 2.75) is 18.2 Å². The van der Waals surface area contributed by atoms with E-state index < -0.39 is 22.5 Å². The van der Waals surface area contributed by atoms with Crippen LogP contribution in [0.3, 0.4) is 0 Å². The van der Waals surface area contributed by atoms with Gasteiger partial charge in [-0.2, -0.15) is 0 Å². The minimum atomic E-state index is -4.07. The molecule has 0 saturated carbocycles. The van der Waals surface area contributed by atoms with Gasteiger partial charge in [-0.25, -0.2) is 8.42 Å². The summed E-state index contributed by atoms with van der Waals surface area (Å²) in [5, 5.41) is 3.02. The normalized spacial score (nSPS) is 11.1. The standard InChI is InChI=1S/C28H26ClN3O4S/c1-20-3-10-25(11-4-20)37(34,35)32(24-9-12-27(36-2)26(29)18-24)19-28(33)31-23-7-5-21(6-8-23)17-22-13-15-30-16-14-22/h3-16,18H,17,19H2,1-2H3,(H,31,33). The second-order valence-electron chi connectivity index (χ2n) is 8.42. The van der Waals surface area contributed by atoms with Crippen LogP contribution in [-0.2, 0) is 21.2 Å². The van der Waals surface area contributed by atoms with E-state index in [0.717, 1.165) is 27.4 Å². The Hall–Kier alpha value is -3.88. The Labute approximate surface area is 221 Å². The lowest BCUT2D eigenvalue weighted by Crippen LogP contribution is -2.38. The molecule has 0 radical (unpaired) electrons. The summed E-state index contributed by atoms with van der Waals surface area (Å²) in [5.41, 5.74) is 3.92. The van der Waals surface area contributed by atoms with E-state index in [0.29, 0.717) is 11.4 Å². The number of sulfonamides is 1. The molecule has 1 N–H and O–H groups in total. The van der Waals surface area contributed by atoms with Crippen molar-refractivity contribution in [3.05, 3.63) is 113 Å². The second-order valence-corrected chi connectivity index (χ2v) is 10.7. The van der Waals surface area contributed by atoms with Gasteiger partial charge >= 0.3 is 0 Å². The maximum Gasteiger partial charge on any atom is 0.264 e. The van der Waals surface area contributed by atoms with Gasteiger partial charge in [0.05, 0.1) is 22.7 Å². The van der Waals surface area contributed by atoms with Crippen molar-refractivity contribution in [2.75, 3.05) is 23.3 Å². The topological polar surface area (TPSA) is 88.6 Å². The van der Waals surface area contributed by atoms with E-state index in [9.17, 15) is 13.2 Å². The molecule has 4 rings (SSSR count). The first kappa shape index (κ1) is 26.2. The number of methoxy groups -OCH3 is 1. The molecule has 0 bridgehead atoms. The summed E-state index contributed by atoms with van der Waals surface area (Å²) < 4.78 is 33.4. The van der Waals surface area contributed by atoms with Gasteiger partial charge in [0, 0.05) is 18.1 Å². The summed E-state index contributed by atoms with van der Waals surface area (Å²) in [6.07, 6.45) is 4.23. The molecular formula is C28H26ClN3O4S. The van der Waals surface area contributed by atoms with Crippen LogP contribution < -0.4 is 14.4 Å². The van der Waals surface area contributed by atoms with Gasteiger partial charge in [-0.15, -0.1) is 0 Å². The van der Waals surface area contributed by atoms with Crippen LogP contribution in [0, 0.1) is 6.92 Å². The van der Waals surface area contributed by atoms with Crippen molar-refractivity contribution in [2.24, 2.45) is 0 Å². The van der Waals surface area contributed by atoms with Crippen molar-refractivity contribution in [1.29, 1.82) is 0 Å². The van der Waals surface area contributed by atoms with Crippen LogP contribution in [0.4, 0.5) is 11.4 Å². The number of anilines is 2. The van der Waals surface area contributed by atoms with E-state index in [2.05, 4.69) is 10.3 Å². The molecule has 0 atom stereocenters. The number of aryl methyl sites for hydroxylation is 1. The Kier molecular flexibility index (Phi) is 8.11. The van der Waals surface area contributed by atoms with E-state index in [1.54, 1.807) is 48.8 Å². The molecule has 190 valence electrons. The molecular weight excluding hydrogens is 510 g/mol. The number of nitrogens with zero attached hydrogens (tertiary/aromatic N) is 2. The van der Waals surface area contributed by atoms with Crippen LogP contribution in [-0.4, -0.2) is 33.0 Å². The van der Waals surface area contributed by atoms with Crippen LogP contribution in [0.1, 0.15) is 16.7 Å². The van der Waals surface area contributed by atoms with Gasteiger partial charge in [0.2, 0.25) is 5.91 Å². The number of ether oxygens (including phenoxy) is 1. The fraction of sp³-hybridized carbons (Fsp3) is 0.143. The molecule has 0 aliphatic rings. The molecule has 0 fully saturated rings. The summed E-state index contributed by atoms with van der Waals surface area (Å²) in [5.74, 6) is -0.0982. The van der Waals surface area contributed by atoms with Gasteiger partial charge in [-0.05, 0) is 79.1 Å². The van der Waals surface area contributed by atoms with Crippen LogP contribution in [0.15, 0.2) is 96.2 Å². The molecule has 0 saturated heterocycles. The summed E-state index contributed by atoms with van der Waals surface area (Å²) in [4.78, 5) is 17.1. The summed E-state index contributed by atoms with van der Waals surface area (Å²) in [6, 6.07) is 22.3. The van der Waals surface area contributed by atoms with Gasteiger partial charge < -0.3 is 10.1 Å². The molecule has 7 nitrogen and oxygen atoms in total. The third-order valence-corrected chi connectivity index (χ3v) is 7.80. The highest BCUT2D eigenvalue weighted by Gasteiger charge is 2.28. The number of amides is 1. The molecule has 3 aromatic carbocycles. The summed E-state index contributed by atoms with van der Waals surface area (Å²) >= 11 is 6.28. The van der Waals surface area contributed by atoms with E-state index in [-0.39, 0.29) is 15.6 Å². The highest BCUT2D eigenvalue weighted by Crippen LogP contribution is 2.32. The molecule has 0 unspecified atom stereocenters. The van der Waals surface area contributed by atoms with Gasteiger partial charge in [0.25, 0.3) is 10.0 Å². The van der Waals surface area contributed by atoms with Crippen LogP contribution >= 0.6 is 11.6 Å². The maximum absolute atomic E-state index is 13.6. The number of benzene rings is 3. The Morgan fingerprint density at radius 3 is 2.22 bits per heavy atom. The highest BCUT2D eigenvalue weighted by molar-refractivity contribution is 7.92. The number of carbonyl (C=O) groups excluding carboxylic acids is 1. The molecule has 4 aromatic rings. The zero-order valence-electron chi connectivity index (χ0n) is 20.4. The van der Waals surface area contributed by atoms with E-state index >= 15 is 0 Å². The maximum atomic E-state index is 13.6. The first-order valence-electron chi connectivity index (χ1n) is 11.5. The lowest BCUT2D eigenvalue weighted by molar-refractivity contribution is -0.114. The Balaban J connectivity index is 1.56. The lowest BCUT2D eigenvalue weighted by atomic mass is 10.1. The van der Waals surface area contributed by atoms with Crippen molar-refractivity contribution < 1.29 is 17.9 Å². The largest absolute Gasteiger partial charge is 0.495 e. The molecule has 37 heavy (non-hydrogen) atoms. The lowest BCUT2D eigenvalue weighted by Gasteiger charge is -2.24. The SMILES string of the molecule is COc1ccc(N(CC(=O)Nc2ccc(Cc3ccncc3)cc2)S(=O)(=O)c2ccc(C)cc2)cc1Cl. The van der Waals surface area contributed by atoms with Gasteiger partial charge in [0.1, 0.15) is 12.3 Å². The number of hydrogen-bond donors (Lipinski definition) is 1. The number of aromatic nitrogens is 1. The predicted octanol–water partition coefficient (Wildman–Crippen LogP) is 5.48. The minimum Gasteiger partial charge on any atom is -0.495 e. The molecule has 1 heterocycles. The molecule has 0 aliphatic carbocycles. The van der Waals surface area contributed by atoms with Gasteiger partial charge in [-0.3, -0.25) is 14.1 Å². The van der Waals surface area contributed by atoms with Crippen LogP contribution in [0.2, 0.25) is 5.02 Å². The second kappa shape index (κ2) is 11.5. The average molecular weight is 536 g/mol. The predicted molar refractivity (Wildman–Crippen MR) is 146 cm³/mol. The number of carbonyl (C=O) groups is 1. The highest BCUT2D eigenvalue weighted by atomic mass is 35.5. The number of pyridine rings is 1. The average Bonchev–Trinajstić information content (AvgIpc) is 2.89. The third-order valence-electron chi connectivity index (χ3n) is 5.71. The van der Waals surface area contributed by atoms with E-state index in [1.165, 1.54) is 25.3 Å². The Morgan fingerprint density at radius 2 is 1.59 bits per heavy atom. The first-order chi connectivity index (χ1) is 17.8.